The molecule has 3 N–H and O–H groups in total. The fourth-order valence-corrected chi connectivity index (χ4v) is 0.953. The van der Waals surface area contributed by atoms with Gasteiger partial charge >= 0.3 is 0 Å². The van der Waals surface area contributed by atoms with Crippen molar-refractivity contribution in [2.24, 2.45) is 5.73 Å². The van der Waals surface area contributed by atoms with Gasteiger partial charge in [-0.1, -0.05) is 0 Å². The van der Waals surface area contributed by atoms with Crippen LogP contribution in [0.3, 0.4) is 0 Å². The summed E-state index contributed by atoms with van der Waals surface area (Å²) in [5.74, 6) is -0.192. The average Bonchev–Trinajstić information content (AvgIpc) is 2.19. The van der Waals surface area contributed by atoms with Gasteiger partial charge < -0.3 is 11.1 Å². The van der Waals surface area contributed by atoms with E-state index in [1.807, 2.05) is 6.92 Å². The fraction of sp³-hybridized carbons (Fsp3) is 0.444. The number of nitrogens with two attached hydrogens (primary N) is 1. The molecule has 5 heteroatoms. The lowest BCUT2D eigenvalue weighted by molar-refractivity contribution is -0.122. The zero-order valence-electron chi connectivity index (χ0n) is 8.27. The van der Waals surface area contributed by atoms with E-state index >= 15 is 0 Å². The summed E-state index contributed by atoms with van der Waals surface area (Å²) in [5.41, 5.74) is 6.14. The zero-order valence-corrected chi connectivity index (χ0v) is 8.27. The molecule has 0 fully saturated rings. The third-order valence-electron chi connectivity index (χ3n) is 1.80. The van der Waals surface area contributed by atoms with Crippen molar-refractivity contribution in [3.63, 3.8) is 0 Å². The second-order valence-corrected chi connectivity index (χ2v) is 3.15. The van der Waals surface area contributed by atoms with Crippen LogP contribution >= 0.6 is 0 Å². The van der Waals surface area contributed by atoms with E-state index < -0.39 is 6.04 Å². The van der Waals surface area contributed by atoms with E-state index in [1.165, 1.54) is 0 Å². The third kappa shape index (κ3) is 2.77. The Bertz CT molecular complexity index is 299. The van der Waals surface area contributed by atoms with Gasteiger partial charge in [-0.25, -0.2) is 0 Å². The van der Waals surface area contributed by atoms with Gasteiger partial charge in [0.1, 0.15) is 0 Å². The predicted octanol–water partition coefficient (Wildman–Crippen LogP) is 0.001000. The van der Waals surface area contributed by atoms with E-state index in [9.17, 15) is 4.79 Å². The van der Waals surface area contributed by atoms with E-state index in [4.69, 9.17) is 5.73 Å². The molecule has 0 saturated carbocycles. The molecule has 1 aromatic rings. The summed E-state index contributed by atoms with van der Waals surface area (Å²) in [7, 11) is 0. The molecular weight excluding hydrogens is 180 g/mol. The Labute approximate surface area is 82.7 Å². The van der Waals surface area contributed by atoms with E-state index in [-0.39, 0.29) is 11.9 Å². The molecule has 0 aromatic carbocycles. The van der Waals surface area contributed by atoms with Crippen molar-refractivity contribution in [1.29, 1.82) is 0 Å². The van der Waals surface area contributed by atoms with Crippen LogP contribution in [-0.2, 0) is 4.79 Å². The molecule has 5 nitrogen and oxygen atoms in total. The largest absolute Gasteiger partial charge is 0.347 e. The maximum absolute atomic E-state index is 11.2. The van der Waals surface area contributed by atoms with Gasteiger partial charge in [-0.15, -0.1) is 0 Å². The number of carbonyl (C=O) groups excluding carboxylic acids is 1. The van der Waals surface area contributed by atoms with Crippen LogP contribution in [0.15, 0.2) is 18.6 Å². The number of nitrogens with one attached hydrogen (secondary N) is 1. The molecule has 0 aliphatic carbocycles. The SMILES string of the molecule is C[C@H](N)C(=O)N[C@@H](C)c1cnccn1. The van der Waals surface area contributed by atoms with Crippen molar-refractivity contribution >= 4 is 5.91 Å². The van der Waals surface area contributed by atoms with Gasteiger partial charge in [-0.3, -0.25) is 14.8 Å². The van der Waals surface area contributed by atoms with Crippen LogP contribution < -0.4 is 11.1 Å². The molecule has 0 aliphatic rings. The summed E-state index contributed by atoms with van der Waals surface area (Å²) in [6.45, 7) is 3.48. The molecule has 1 aromatic heterocycles. The number of amides is 1. The molecule has 0 aliphatic heterocycles. The Morgan fingerprint density at radius 2 is 2.21 bits per heavy atom. The predicted molar refractivity (Wildman–Crippen MR) is 52.2 cm³/mol. The smallest absolute Gasteiger partial charge is 0.237 e. The lowest BCUT2D eigenvalue weighted by atomic mass is 10.2. The lowest BCUT2D eigenvalue weighted by Gasteiger charge is -2.14. The number of carbonyl (C=O) groups is 1. The summed E-state index contributed by atoms with van der Waals surface area (Å²) >= 11 is 0. The molecule has 1 rings (SSSR count). The highest BCUT2D eigenvalue weighted by Crippen LogP contribution is 2.05. The van der Waals surface area contributed by atoms with E-state index in [0.29, 0.717) is 0 Å². The second kappa shape index (κ2) is 4.66. The van der Waals surface area contributed by atoms with Crippen LogP contribution in [0.25, 0.3) is 0 Å². The van der Waals surface area contributed by atoms with Gasteiger partial charge in [-0.05, 0) is 13.8 Å². The molecule has 14 heavy (non-hydrogen) atoms. The molecule has 0 radical (unpaired) electrons. The molecule has 0 saturated heterocycles. The van der Waals surface area contributed by atoms with Crippen LogP contribution in [0, 0.1) is 0 Å². The molecular formula is C9H14N4O. The quantitative estimate of drug-likeness (QED) is 0.709. The third-order valence-corrected chi connectivity index (χ3v) is 1.80. The number of nitrogens with zero attached hydrogens (tertiary/aromatic N) is 2. The first-order chi connectivity index (χ1) is 6.61. The minimum atomic E-state index is -0.505. The van der Waals surface area contributed by atoms with Gasteiger partial charge in [0, 0.05) is 12.4 Å². The summed E-state index contributed by atoms with van der Waals surface area (Å²) in [4.78, 5) is 19.2. The number of rotatable bonds is 3. The van der Waals surface area contributed by atoms with E-state index in [2.05, 4.69) is 15.3 Å². The second-order valence-electron chi connectivity index (χ2n) is 3.15. The topological polar surface area (TPSA) is 80.9 Å². The first-order valence-electron chi connectivity index (χ1n) is 4.43. The first-order valence-corrected chi connectivity index (χ1v) is 4.43. The summed E-state index contributed by atoms with van der Waals surface area (Å²) in [5, 5.41) is 2.73. The molecule has 2 atom stereocenters. The minimum absolute atomic E-state index is 0.165. The van der Waals surface area contributed by atoms with Crippen LogP contribution in [0.1, 0.15) is 25.6 Å². The first kappa shape index (κ1) is 10.6. The lowest BCUT2D eigenvalue weighted by Crippen LogP contribution is -2.39. The van der Waals surface area contributed by atoms with Crippen LogP contribution in [0.4, 0.5) is 0 Å². The van der Waals surface area contributed by atoms with Crippen molar-refractivity contribution < 1.29 is 4.79 Å². The van der Waals surface area contributed by atoms with Crippen molar-refractivity contribution in [3.8, 4) is 0 Å². The molecule has 1 heterocycles. The molecule has 1 amide bonds. The standard InChI is InChI=1S/C9H14N4O/c1-6(10)9(14)13-7(2)8-5-11-3-4-12-8/h3-7H,10H2,1-2H3,(H,13,14)/t6-,7-/m0/s1. The summed E-state index contributed by atoms with van der Waals surface area (Å²) in [6, 6.07) is -0.670. The normalized spacial score (nSPS) is 14.5. The maximum Gasteiger partial charge on any atom is 0.237 e. The number of hydrogen-bond donors (Lipinski definition) is 2. The Hall–Kier alpha value is -1.49. The fourth-order valence-electron chi connectivity index (χ4n) is 0.953. The highest BCUT2D eigenvalue weighted by Gasteiger charge is 2.13. The zero-order chi connectivity index (χ0) is 10.6. The van der Waals surface area contributed by atoms with E-state index in [0.717, 1.165) is 5.69 Å². The van der Waals surface area contributed by atoms with Gasteiger partial charge in [0.25, 0.3) is 0 Å². The van der Waals surface area contributed by atoms with Crippen LogP contribution in [-0.4, -0.2) is 21.9 Å². The Morgan fingerprint density at radius 1 is 1.50 bits per heavy atom. The van der Waals surface area contributed by atoms with Crippen LogP contribution in [0.2, 0.25) is 0 Å². The van der Waals surface area contributed by atoms with Crippen molar-refractivity contribution in [2.75, 3.05) is 0 Å². The number of aromatic nitrogens is 2. The molecule has 0 spiro atoms. The van der Waals surface area contributed by atoms with Gasteiger partial charge in [0.15, 0.2) is 0 Å². The van der Waals surface area contributed by atoms with Crippen molar-refractivity contribution in [3.05, 3.63) is 24.3 Å². The Morgan fingerprint density at radius 3 is 2.71 bits per heavy atom. The summed E-state index contributed by atoms with van der Waals surface area (Å²) < 4.78 is 0. The number of hydrogen-bond acceptors (Lipinski definition) is 4. The monoisotopic (exact) mass is 194 g/mol. The van der Waals surface area contributed by atoms with E-state index in [1.54, 1.807) is 25.5 Å². The van der Waals surface area contributed by atoms with Gasteiger partial charge in [0.2, 0.25) is 5.91 Å². The Kier molecular flexibility index (Phi) is 3.53. The average molecular weight is 194 g/mol. The van der Waals surface area contributed by atoms with Crippen molar-refractivity contribution in [1.82, 2.24) is 15.3 Å². The minimum Gasteiger partial charge on any atom is -0.347 e. The molecule has 0 bridgehead atoms. The van der Waals surface area contributed by atoms with Gasteiger partial charge in [-0.2, -0.15) is 0 Å². The highest BCUT2D eigenvalue weighted by atomic mass is 16.2. The maximum atomic E-state index is 11.2. The van der Waals surface area contributed by atoms with Crippen LogP contribution in [0.5, 0.6) is 0 Å². The summed E-state index contributed by atoms with van der Waals surface area (Å²) in [6.07, 6.45) is 4.79. The molecule has 76 valence electrons. The Balaban J connectivity index is 2.59. The highest BCUT2D eigenvalue weighted by molar-refractivity contribution is 5.81. The van der Waals surface area contributed by atoms with Gasteiger partial charge in [0.05, 0.1) is 24.0 Å². The molecule has 0 unspecified atom stereocenters. The van der Waals surface area contributed by atoms with Crippen molar-refractivity contribution in [2.45, 2.75) is 25.9 Å².